The average molecular weight is 326 g/mol. The van der Waals surface area contributed by atoms with Crippen LogP contribution in [-0.2, 0) is 4.74 Å². The standard InChI is InChI=1S/C13H28O2.C3H8ClNO/c1-10(2)11(3)8-15-13(6,7)12(4,5)9-14;4-1-3(6)2-5/h10-11,14H,8-9H2,1-7H3;3,6H,1-2,5H2. The second kappa shape index (κ2) is 10.8. The van der Waals surface area contributed by atoms with Gasteiger partial charge >= 0.3 is 0 Å². The van der Waals surface area contributed by atoms with Crippen molar-refractivity contribution in [2.45, 2.75) is 60.2 Å². The van der Waals surface area contributed by atoms with E-state index < -0.39 is 6.10 Å². The van der Waals surface area contributed by atoms with Crippen LogP contribution in [0.3, 0.4) is 0 Å². The lowest BCUT2D eigenvalue weighted by Crippen LogP contribution is -2.45. The first-order valence-electron chi connectivity index (χ1n) is 7.64. The van der Waals surface area contributed by atoms with Crippen LogP contribution in [0.2, 0.25) is 0 Å². The van der Waals surface area contributed by atoms with Crippen LogP contribution in [0.1, 0.15) is 48.5 Å². The first kappa shape index (κ1) is 23.4. The molecule has 4 nitrogen and oxygen atoms in total. The van der Waals surface area contributed by atoms with Gasteiger partial charge in [0, 0.05) is 17.8 Å². The molecular weight excluding hydrogens is 290 g/mol. The van der Waals surface area contributed by atoms with Crippen molar-refractivity contribution in [1.82, 2.24) is 0 Å². The van der Waals surface area contributed by atoms with E-state index >= 15 is 0 Å². The van der Waals surface area contributed by atoms with Gasteiger partial charge in [0.25, 0.3) is 0 Å². The van der Waals surface area contributed by atoms with Crippen LogP contribution in [0.25, 0.3) is 0 Å². The van der Waals surface area contributed by atoms with Gasteiger partial charge in [0.1, 0.15) is 0 Å². The Labute approximate surface area is 136 Å². The van der Waals surface area contributed by atoms with Crippen LogP contribution >= 0.6 is 11.6 Å². The zero-order valence-electron chi connectivity index (χ0n) is 14.8. The number of aliphatic hydroxyl groups excluding tert-OH is 2. The Balaban J connectivity index is 0. The molecule has 0 saturated carbocycles. The van der Waals surface area contributed by atoms with Gasteiger partial charge in [-0.25, -0.2) is 0 Å². The Morgan fingerprint density at radius 1 is 1.14 bits per heavy atom. The van der Waals surface area contributed by atoms with Gasteiger partial charge in [0.15, 0.2) is 0 Å². The number of alkyl halides is 1. The zero-order chi connectivity index (χ0) is 17.3. The number of rotatable bonds is 8. The van der Waals surface area contributed by atoms with E-state index in [0.29, 0.717) is 11.8 Å². The highest BCUT2D eigenvalue weighted by Gasteiger charge is 2.37. The van der Waals surface area contributed by atoms with Gasteiger partial charge in [-0.1, -0.05) is 34.6 Å². The summed E-state index contributed by atoms with van der Waals surface area (Å²) < 4.78 is 5.95. The predicted molar refractivity (Wildman–Crippen MR) is 90.7 cm³/mol. The van der Waals surface area contributed by atoms with Crippen molar-refractivity contribution in [3.8, 4) is 0 Å². The molecule has 0 rings (SSSR count). The summed E-state index contributed by atoms with van der Waals surface area (Å²) in [6, 6.07) is 0. The van der Waals surface area contributed by atoms with E-state index in [9.17, 15) is 5.11 Å². The van der Waals surface area contributed by atoms with Crippen molar-refractivity contribution in [3.63, 3.8) is 0 Å². The fraction of sp³-hybridized carbons (Fsp3) is 1.00. The van der Waals surface area contributed by atoms with E-state index in [2.05, 4.69) is 34.6 Å². The molecule has 0 aromatic rings. The maximum Gasteiger partial charge on any atom is 0.0797 e. The average Bonchev–Trinajstić information content (AvgIpc) is 2.43. The molecule has 0 aromatic carbocycles. The van der Waals surface area contributed by atoms with E-state index in [1.54, 1.807) is 0 Å². The van der Waals surface area contributed by atoms with Gasteiger partial charge in [-0.15, -0.1) is 11.6 Å². The third-order valence-electron chi connectivity index (χ3n) is 4.32. The second-order valence-electron chi connectivity index (χ2n) is 7.13. The summed E-state index contributed by atoms with van der Waals surface area (Å²) >= 11 is 5.12. The van der Waals surface area contributed by atoms with E-state index in [-0.39, 0.29) is 30.0 Å². The Hall–Kier alpha value is 0.130. The minimum Gasteiger partial charge on any atom is -0.396 e. The smallest absolute Gasteiger partial charge is 0.0797 e. The molecule has 0 radical (unpaired) electrons. The third kappa shape index (κ3) is 9.69. The van der Waals surface area contributed by atoms with E-state index in [4.69, 9.17) is 27.2 Å². The van der Waals surface area contributed by atoms with Crippen LogP contribution in [0.4, 0.5) is 0 Å². The van der Waals surface area contributed by atoms with Crippen molar-refractivity contribution >= 4 is 11.6 Å². The molecule has 0 spiro atoms. The molecule has 2 atom stereocenters. The highest BCUT2D eigenvalue weighted by atomic mass is 35.5. The van der Waals surface area contributed by atoms with Crippen LogP contribution in [0.15, 0.2) is 0 Å². The minimum atomic E-state index is -0.522. The van der Waals surface area contributed by atoms with Crippen molar-refractivity contribution in [2.24, 2.45) is 23.0 Å². The monoisotopic (exact) mass is 325 g/mol. The summed E-state index contributed by atoms with van der Waals surface area (Å²) in [5, 5.41) is 17.7. The van der Waals surface area contributed by atoms with Gasteiger partial charge in [-0.3, -0.25) is 0 Å². The fourth-order valence-corrected chi connectivity index (χ4v) is 1.11. The number of hydrogen-bond donors (Lipinski definition) is 3. The minimum absolute atomic E-state index is 0.149. The van der Waals surface area contributed by atoms with Crippen molar-refractivity contribution in [3.05, 3.63) is 0 Å². The molecule has 21 heavy (non-hydrogen) atoms. The molecule has 130 valence electrons. The lowest BCUT2D eigenvalue weighted by atomic mass is 9.77. The summed E-state index contributed by atoms with van der Waals surface area (Å²) in [6.45, 7) is 15.9. The Morgan fingerprint density at radius 3 is 1.86 bits per heavy atom. The molecule has 0 fully saturated rings. The topological polar surface area (TPSA) is 75.7 Å². The van der Waals surface area contributed by atoms with Gasteiger partial charge in [-0.05, 0) is 25.7 Å². The van der Waals surface area contributed by atoms with Crippen LogP contribution in [0.5, 0.6) is 0 Å². The number of ether oxygens (including phenoxy) is 1. The second-order valence-corrected chi connectivity index (χ2v) is 7.44. The molecule has 0 bridgehead atoms. The summed E-state index contributed by atoms with van der Waals surface area (Å²) in [6.07, 6.45) is -0.522. The number of nitrogens with two attached hydrogens (primary N) is 1. The number of hydrogen-bond acceptors (Lipinski definition) is 4. The molecule has 0 aromatic heterocycles. The summed E-state index contributed by atoms with van der Waals surface area (Å²) in [4.78, 5) is 0. The molecule has 5 heteroatoms. The fourth-order valence-electron chi connectivity index (χ4n) is 0.981. The highest BCUT2D eigenvalue weighted by Crippen LogP contribution is 2.33. The van der Waals surface area contributed by atoms with E-state index in [1.807, 2.05) is 13.8 Å². The molecule has 0 aliphatic heterocycles. The van der Waals surface area contributed by atoms with Gasteiger partial charge in [-0.2, -0.15) is 0 Å². The maximum atomic E-state index is 9.32. The number of aliphatic hydroxyl groups is 2. The highest BCUT2D eigenvalue weighted by molar-refractivity contribution is 6.18. The zero-order valence-corrected chi connectivity index (χ0v) is 15.6. The van der Waals surface area contributed by atoms with Crippen LogP contribution < -0.4 is 5.73 Å². The third-order valence-corrected chi connectivity index (χ3v) is 4.68. The predicted octanol–water partition coefficient (Wildman–Crippen LogP) is 2.64. The first-order valence-corrected chi connectivity index (χ1v) is 8.17. The molecule has 0 aliphatic carbocycles. The van der Waals surface area contributed by atoms with E-state index in [0.717, 1.165) is 6.61 Å². The summed E-state index contributed by atoms with van der Waals surface area (Å²) in [5.41, 5.74) is 4.46. The molecular formula is C16H36ClNO3. The number of halogens is 1. The van der Waals surface area contributed by atoms with Gasteiger partial charge < -0.3 is 20.7 Å². The lowest BCUT2D eigenvalue weighted by molar-refractivity contribution is -0.125. The SMILES string of the molecule is CC(C)C(C)COC(C)(C)C(C)(C)CO.NCC(O)CCl. The maximum absolute atomic E-state index is 9.32. The Kier molecular flexibility index (Phi) is 12.0. The quantitative estimate of drug-likeness (QED) is 0.600. The lowest BCUT2D eigenvalue weighted by Gasteiger charge is -2.41. The molecule has 0 amide bonds. The Morgan fingerprint density at radius 2 is 1.62 bits per heavy atom. The largest absolute Gasteiger partial charge is 0.396 e. The Bertz CT molecular complexity index is 254. The molecule has 0 aliphatic rings. The van der Waals surface area contributed by atoms with Crippen molar-refractivity contribution in [1.29, 1.82) is 0 Å². The van der Waals surface area contributed by atoms with Crippen LogP contribution in [-0.4, -0.2) is 47.6 Å². The first-order chi connectivity index (χ1) is 9.45. The van der Waals surface area contributed by atoms with Gasteiger partial charge in [0.05, 0.1) is 24.9 Å². The molecule has 4 N–H and O–H groups in total. The molecule has 0 saturated heterocycles. The normalized spacial score (nSPS) is 15.4. The van der Waals surface area contributed by atoms with Crippen LogP contribution in [0, 0.1) is 17.3 Å². The summed E-state index contributed by atoms with van der Waals surface area (Å²) in [7, 11) is 0. The van der Waals surface area contributed by atoms with Crippen molar-refractivity contribution in [2.75, 3.05) is 25.6 Å². The van der Waals surface area contributed by atoms with Crippen molar-refractivity contribution < 1.29 is 14.9 Å². The van der Waals surface area contributed by atoms with E-state index in [1.165, 1.54) is 0 Å². The molecule has 0 heterocycles. The van der Waals surface area contributed by atoms with Gasteiger partial charge in [0.2, 0.25) is 0 Å². The molecule has 2 unspecified atom stereocenters. The summed E-state index contributed by atoms with van der Waals surface area (Å²) in [5.74, 6) is 1.42.